The normalized spacial score (nSPS) is 9.30. The van der Waals surface area contributed by atoms with Gasteiger partial charge < -0.3 is 15.6 Å². The highest BCUT2D eigenvalue weighted by molar-refractivity contribution is 5.87. The van der Waals surface area contributed by atoms with Gasteiger partial charge in [-0.1, -0.05) is 5.16 Å². The van der Waals surface area contributed by atoms with Gasteiger partial charge in [-0.25, -0.2) is 4.79 Å². The summed E-state index contributed by atoms with van der Waals surface area (Å²) in [6, 6.07) is -0.619. The fourth-order valence-electron chi connectivity index (χ4n) is 0.551. The number of anilines is 1. The molecular weight excluding hydrogens is 134 g/mol. The standard InChI is InChI=1S/C5H7N3O2/c1-3-4(2-7-10-3)8-5(6)9/h2H,1H3,(H3,6,8,9). The second-order valence-corrected chi connectivity index (χ2v) is 1.78. The molecule has 1 rings (SSSR count). The molecule has 5 nitrogen and oxygen atoms in total. The summed E-state index contributed by atoms with van der Waals surface area (Å²) in [5.41, 5.74) is 5.34. The summed E-state index contributed by atoms with van der Waals surface area (Å²) in [6.07, 6.45) is 1.39. The van der Waals surface area contributed by atoms with E-state index in [4.69, 9.17) is 5.73 Å². The minimum absolute atomic E-state index is 0.507. The minimum atomic E-state index is -0.619. The van der Waals surface area contributed by atoms with Crippen LogP contribution in [0.1, 0.15) is 5.76 Å². The largest absolute Gasteiger partial charge is 0.359 e. The number of urea groups is 1. The molecule has 1 aromatic heterocycles. The van der Waals surface area contributed by atoms with Crippen molar-refractivity contribution >= 4 is 11.7 Å². The highest BCUT2D eigenvalue weighted by Gasteiger charge is 2.02. The number of hydrogen-bond donors (Lipinski definition) is 2. The SMILES string of the molecule is Cc1oncc1NC(N)=O. The smallest absolute Gasteiger partial charge is 0.316 e. The number of nitrogens with zero attached hydrogens (tertiary/aromatic N) is 1. The molecule has 5 heteroatoms. The Kier molecular flexibility index (Phi) is 1.57. The second kappa shape index (κ2) is 2.38. The van der Waals surface area contributed by atoms with Crippen LogP contribution >= 0.6 is 0 Å². The molecule has 0 saturated heterocycles. The summed E-state index contributed by atoms with van der Waals surface area (Å²) in [4.78, 5) is 10.3. The van der Waals surface area contributed by atoms with Gasteiger partial charge in [0.15, 0.2) is 5.76 Å². The zero-order valence-electron chi connectivity index (χ0n) is 5.42. The van der Waals surface area contributed by atoms with Gasteiger partial charge in [-0.15, -0.1) is 0 Å². The topological polar surface area (TPSA) is 81.2 Å². The molecule has 0 fully saturated rings. The Morgan fingerprint density at radius 1 is 1.90 bits per heavy atom. The number of hydrogen-bond acceptors (Lipinski definition) is 3. The van der Waals surface area contributed by atoms with E-state index < -0.39 is 6.03 Å². The molecule has 0 aliphatic heterocycles. The van der Waals surface area contributed by atoms with Crippen LogP contribution in [0.3, 0.4) is 0 Å². The lowest BCUT2D eigenvalue weighted by Gasteiger charge is -1.94. The van der Waals surface area contributed by atoms with Crippen LogP contribution in [0.25, 0.3) is 0 Å². The molecule has 0 bridgehead atoms. The van der Waals surface area contributed by atoms with Crippen LogP contribution in [0, 0.1) is 6.92 Å². The summed E-state index contributed by atoms with van der Waals surface area (Å²) < 4.78 is 4.65. The number of nitrogens with two attached hydrogens (primary N) is 1. The Balaban J connectivity index is 2.74. The first-order valence-electron chi connectivity index (χ1n) is 2.68. The molecular formula is C5H7N3O2. The lowest BCUT2D eigenvalue weighted by Crippen LogP contribution is -2.19. The first-order valence-corrected chi connectivity index (χ1v) is 2.68. The maximum atomic E-state index is 10.3. The average molecular weight is 141 g/mol. The van der Waals surface area contributed by atoms with Crippen LogP contribution in [-0.4, -0.2) is 11.2 Å². The molecule has 10 heavy (non-hydrogen) atoms. The fraction of sp³-hybridized carbons (Fsp3) is 0.200. The minimum Gasteiger partial charge on any atom is -0.359 e. The molecule has 0 radical (unpaired) electrons. The number of carbonyl (C=O) groups is 1. The van der Waals surface area contributed by atoms with E-state index in [0.717, 1.165) is 0 Å². The van der Waals surface area contributed by atoms with Crippen LogP contribution in [0.2, 0.25) is 0 Å². The number of amides is 2. The van der Waals surface area contributed by atoms with Crippen molar-refractivity contribution in [2.75, 3.05) is 5.32 Å². The molecule has 0 aliphatic rings. The van der Waals surface area contributed by atoms with Crippen molar-refractivity contribution in [1.29, 1.82) is 0 Å². The van der Waals surface area contributed by atoms with Crippen molar-refractivity contribution < 1.29 is 9.32 Å². The molecule has 0 aliphatic carbocycles. The molecule has 0 atom stereocenters. The molecule has 1 aromatic rings. The third-order valence-electron chi connectivity index (χ3n) is 1.01. The Hall–Kier alpha value is -1.52. The zero-order chi connectivity index (χ0) is 7.56. The van der Waals surface area contributed by atoms with Crippen molar-refractivity contribution in [3.63, 3.8) is 0 Å². The van der Waals surface area contributed by atoms with Crippen molar-refractivity contribution in [2.24, 2.45) is 5.73 Å². The summed E-state index contributed by atoms with van der Waals surface area (Å²) in [5.74, 6) is 0.541. The van der Waals surface area contributed by atoms with E-state index in [0.29, 0.717) is 11.4 Å². The Morgan fingerprint density at radius 2 is 2.60 bits per heavy atom. The number of nitrogens with one attached hydrogen (secondary N) is 1. The van der Waals surface area contributed by atoms with E-state index in [1.807, 2.05) is 0 Å². The number of aryl methyl sites for hydroxylation is 1. The van der Waals surface area contributed by atoms with Crippen LogP contribution in [0.15, 0.2) is 10.7 Å². The molecule has 1 heterocycles. The van der Waals surface area contributed by atoms with E-state index in [2.05, 4.69) is 15.0 Å². The average Bonchev–Trinajstić information content (AvgIpc) is 2.15. The van der Waals surface area contributed by atoms with Gasteiger partial charge in [0.25, 0.3) is 0 Å². The van der Waals surface area contributed by atoms with E-state index in [-0.39, 0.29) is 0 Å². The second-order valence-electron chi connectivity index (χ2n) is 1.78. The fourth-order valence-corrected chi connectivity index (χ4v) is 0.551. The van der Waals surface area contributed by atoms with Crippen LogP contribution in [0.4, 0.5) is 10.5 Å². The zero-order valence-corrected chi connectivity index (χ0v) is 5.42. The lowest BCUT2D eigenvalue weighted by molar-refractivity contribution is 0.259. The van der Waals surface area contributed by atoms with Crippen LogP contribution < -0.4 is 11.1 Å². The van der Waals surface area contributed by atoms with Gasteiger partial charge in [-0.3, -0.25) is 0 Å². The maximum Gasteiger partial charge on any atom is 0.316 e. The Labute approximate surface area is 57.2 Å². The molecule has 54 valence electrons. The third-order valence-corrected chi connectivity index (χ3v) is 1.01. The van der Waals surface area contributed by atoms with Crippen molar-refractivity contribution in [2.45, 2.75) is 6.92 Å². The molecule has 2 amide bonds. The summed E-state index contributed by atoms with van der Waals surface area (Å²) in [7, 11) is 0. The van der Waals surface area contributed by atoms with E-state index in [1.165, 1.54) is 6.20 Å². The predicted molar refractivity (Wildman–Crippen MR) is 34.4 cm³/mol. The monoisotopic (exact) mass is 141 g/mol. The molecule has 0 aromatic carbocycles. The van der Waals surface area contributed by atoms with Gasteiger partial charge in [0.05, 0.1) is 6.20 Å². The maximum absolute atomic E-state index is 10.3. The van der Waals surface area contributed by atoms with Crippen LogP contribution in [-0.2, 0) is 0 Å². The van der Waals surface area contributed by atoms with E-state index in [1.54, 1.807) is 6.92 Å². The summed E-state index contributed by atoms with van der Waals surface area (Å²) in [5, 5.41) is 5.77. The third kappa shape index (κ3) is 1.25. The van der Waals surface area contributed by atoms with Gasteiger partial charge in [-0.2, -0.15) is 0 Å². The van der Waals surface area contributed by atoms with Gasteiger partial charge in [0, 0.05) is 0 Å². The predicted octanol–water partition coefficient (Wildman–Crippen LogP) is 0.474. The number of carbonyl (C=O) groups excluding carboxylic acids is 1. The Morgan fingerprint density at radius 3 is 3.00 bits per heavy atom. The van der Waals surface area contributed by atoms with E-state index >= 15 is 0 Å². The van der Waals surface area contributed by atoms with Gasteiger partial charge in [-0.05, 0) is 6.92 Å². The van der Waals surface area contributed by atoms with Crippen molar-refractivity contribution in [3.05, 3.63) is 12.0 Å². The summed E-state index contributed by atoms with van der Waals surface area (Å²) >= 11 is 0. The highest BCUT2D eigenvalue weighted by atomic mass is 16.5. The van der Waals surface area contributed by atoms with Gasteiger partial charge >= 0.3 is 6.03 Å². The molecule has 0 spiro atoms. The molecule has 3 N–H and O–H groups in total. The first-order chi connectivity index (χ1) is 4.70. The van der Waals surface area contributed by atoms with Crippen LogP contribution in [0.5, 0.6) is 0 Å². The highest BCUT2D eigenvalue weighted by Crippen LogP contribution is 2.10. The number of rotatable bonds is 1. The summed E-state index contributed by atoms with van der Waals surface area (Å²) in [6.45, 7) is 1.68. The van der Waals surface area contributed by atoms with Gasteiger partial charge in [0.2, 0.25) is 0 Å². The molecule has 0 saturated carbocycles. The first kappa shape index (κ1) is 6.60. The van der Waals surface area contributed by atoms with Gasteiger partial charge in [0.1, 0.15) is 5.69 Å². The Bertz CT molecular complexity index is 243. The quantitative estimate of drug-likeness (QED) is 0.596. The van der Waals surface area contributed by atoms with E-state index in [9.17, 15) is 4.79 Å². The van der Waals surface area contributed by atoms with Crippen molar-refractivity contribution in [1.82, 2.24) is 5.16 Å². The number of primary amides is 1. The lowest BCUT2D eigenvalue weighted by atomic mass is 10.4. The molecule has 0 unspecified atom stereocenters. The van der Waals surface area contributed by atoms with Crippen molar-refractivity contribution in [3.8, 4) is 0 Å². The number of aromatic nitrogens is 1.